The summed E-state index contributed by atoms with van der Waals surface area (Å²) >= 11 is 6.00. The predicted molar refractivity (Wildman–Crippen MR) is 112 cm³/mol. The van der Waals surface area contributed by atoms with Gasteiger partial charge < -0.3 is 4.90 Å². The summed E-state index contributed by atoms with van der Waals surface area (Å²) in [5, 5.41) is 11.6. The SMILES string of the molecule is O=C(c1ccc(S(=O)(=O)c2ccccc2Cl)c([N+](=O)[O-])c1)N1CCc2ccccc21. The Morgan fingerprint density at radius 1 is 1.00 bits per heavy atom. The quantitative estimate of drug-likeness (QED) is 0.443. The Bertz CT molecular complexity index is 1290. The largest absolute Gasteiger partial charge is 0.308 e. The third kappa shape index (κ3) is 3.34. The Kier molecular flexibility index (Phi) is 5.05. The molecule has 152 valence electrons. The van der Waals surface area contributed by atoms with Gasteiger partial charge >= 0.3 is 0 Å². The minimum atomic E-state index is -4.25. The summed E-state index contributed by atoms with van der Waals surface area (Å²) in [5.41, 5.74) is 1.13. The molecule has 7 nitrogen and oxygen atoms in total. The van der Waals surface area contributed by atoms with Gasteiger partial charge in [0.25, 0.3) is 11.6 Å². The number of carbonyl (C=O) groups is 1. The fourth-order valence-corrected chi connectivity index (χ4v) is 5.42. The molecular formula is C21H15ClN2O5S. The highest BCUT2D eigenvalue weighted by atomic mass is 35.5. The number of amides is 1. The van der Waals surface area contributed by atoms with Crippen molar-refractivity contribution in [1.29, 1.82) is 0 Å². The fraction of sp³-hybridized carbons (Fsp3) is 0.0952. The molecule has 0 bridgehead atoms. The van der Waals surface area contributed by atoms with Crippen LogP contribution in [0.15, 0.2) is 76.5 Å². The van der Waals surface area contributed by atoms with Crippen LogP contribution in [0.4, 0.5) is 11.4 Å². The van der Waals surface area contributed by atoms with Crippen molar-refractivity contribution < 1.29 is 18.1 Å². The Balaban J connectivity index is 1.78. The molecule has 9 heteroatoms. The lowest BCUT2D eigenvalue weighted by molar-refractivity contribution is -0.387. The zero-order valence-electron chi connectivity index (χ0n) is 15.5. The van der Waals surface area contributed by atoms with Gasteiger partial charge in [0, 0.05) is 23.9 Å². The summed E-state index contributed by atoms with van der Waals surface area (Å²) in [7, 11) is -4.25. The number of anilines is 1. The van der Waals surface area contributed by atoms with E-state index in [0.29, 0.717) is 13.0 Å². The summed E-state index contributed by atoms with van der Waals surface area (Å²) in [5.74, 6) is -0.426. The lowest BCUT2D eigenvalue weighted by Crippen LogP contribution is -2.29. The number of nitrogens with zero attached hydrogens (tertiary/aromatic N) is 2. The number of nitro benzene ring substituents is 1. The number of carbonyl (C=O) groups excluding carboxylic acids is 1. The number of nitro groups is 1. The van der Waals surface area contributed by atoms with Crippen LogP contribution in [0.5, 0.6) is 0 Å². The maximum absolute atomic E-state index is 13.0. The molecule has 1 aliphatic heterocycles. The van der Waals surface area contributed by atoms with Crippen molar-refractivity contribution >= 4 is 38.7 Å². The first kappa shape index (κ1) is 20.1. The molecule has 0 aromatic heterocycles. The van der Waals surface area contributed by atoms with Gasteiger partial charge in [-0.25, -0.2) is 8.42 Å². The van der Waals surface area contributed by atoms with Crippen LogP contribution in [0.3, 0.4) is 0 Å². The smallest absolute Gasteiger partial charge is 0.289 e. The van der Waals surface area contributed by atoms with Gasteiger partial charge in [-0.05, 0) is 42.3 Å². The number of halogens is 1. The van der Waals surface area contributed by atoms with Gasteiger partial charge in [0.05, 0.1) is 14.8 Å². The highest BCUT2D eigenvalue weighted by molar-refractivity contribution is 7.91. The van der Waals surface area contributed by atoms with Crippen molar-refractivity contribution in [1.82, 2.24) is 0 Å². The number of benzene rings is 3. The van der Waals surface area contributed by atoms with E-state index in [2.05, 4.69) is 0 Å². The Morgan fingerprint density at radius 2 is 1.70 bits per heavy atom. The average Bonchev–Trinajstić information content (AvgIpc) is 3.17. The van der Waals surface area contributed by atoms with E-state index >= 15 is 0 Å². The lowest BCUT2D eigenvalue weighted by Gasteiger charge is -2.17. The standard InChI is InChI=1S/C21H15ClN2O5S/c22-16-6-2-4-8-19(16)30(28,29)20-10-9-15(13-18(20)24(26)27)21(25)23-12-11-14-5-1-3-7-17(14)23/h1-10,13H,11-12H2. The topological polar surface area (TPSA) is 97.6 Å². The molecule has 0 fully saturated rings. The lowest BCUT2D eigenvalue weighted by atomic mass is 10.1. The summed E-state index contributed by atoms with van der Waals surface area (Å²) in [4.78, 5) is 24.6. The van der Waals surface area contributed by atoms with Crippen LogP contribution >= 0.6 is 11.6 Å². The van der Waals surface area contributed by atoms with E-state index in [1.165, 1.54) is 29.2 Å². The Hall–Kier alpha value is -3.23. The maximum atomic E-state index is 13.0. The van der Waals surface area contributed by atoms with Crippen molar-refractivity contribution in [2.45, 2.75) is 16.2 Å². The third-order valence-electron chi connectivity index (χ3n) is 4.95. The monoisotopic (exact) mass is 442 g/mol. The third-order valence-corrected chi connectivity index (χ3v) is 7.25. The molecule has 0 saturated carbocycles. The molecule has 0 radical (unpaired) electrons. The maximum Gasteiger partial charge on any atom is 0.289 e. The molecule has 30 heavy (non-hydrogen) atoms. The molecule has 0 aliphatic carbocycles. The van der Waals surface area contributed by atoms with Crippen molar-refractivity contribution in [3.8, 4) is 0 Å². The molecule has 1 aliphatic rings. The molecule has 0 N–H and O–H groups in total. The molecule has 3 aromatic rings. The van der Waals surface area contributed by atoms with Crippen LogP contribution in [-0.2, 0) is 16.3 Å². The molecule has 0 unspecified atom stereocenters. The zero-order chi connectivity index (χ0) is 21.5. The number of fused-ring (bicyclic) bond motifs is 1. The van der Waals surface area contributed by atoms with E-state index in [4.69, 9.17) is 11.6 Å². The van der Waals surface area contributed by atoms with Crippen molar-refractivity contribution in [3.63, 3.8) is 0 Å². The van der Waals surface area contributed by atoms with Crippen LogP contribution in [0.1, 0.15) is 15.9 Å². The molecule has 0 atom stereocenters. The van der Waals surface area contributed by atoms with Crippen molar-refractivity contribution in [2.24, 2.45) is 0 Å². The second-order valence-corrected chi connectivity index (χ2v) is 9.00. The highest BCUT2D eigenvalue weighted by Gasteiger charge is 2.32. The average molecular weight is 443 g/mol. The van der Waals surface area contributed by atoms with Gasteiger partial charge in [0.15, 0.2) is 0 Å². The van der Waals surface area contributed by atoms with Crippen molar-refractivity contribution in [2.75, 3.05) is 11.4 Å². The van der Waals surface area contributed by atoms with Crippen LogP contribution in [-0.4, -0.2) is 25.8 Å². The number of para-hydroxylation sites is 1. The van der Waals surface area contributed by atoms with Crippen LogP contribution in [0, 0.1) is 10.1 Å². The fourth-order valence-electron chi connectivity index (χ4n) is 3.51. The van der Waals surface area contributed by atoms with E-state index in [-0.39, 0.29) is 15.5 Å². The first-order valence-corrected chi connectivity index (χ1v) is 10.8. The predicted octanol–water partition coefficient (Wildman–Crippen LogP) is 4.28. The molecule has 1 heterocycles. The summed E-state index contributed by atoms with van der Waals surface area (Å²) in [6, 6.07) is 16.5. The van der Waals surface area contributed by atoms with E-state index < -0.39 is 31.3 Å². The normalized spacial score (nSPS) is 13.2. The summed E-state index contributed by atoms with van der Waals surface area (Å²) in [6.45, 7) is 0.450. The first-order valence-electron chi connectivity index (χ1n) is 8.98. The highest BCUT2D eigenvalue weighted by Crippen LogP contribution is 2.35. The first-order chi connectivity index (χ1) is 14.3. The van der Waals surface area contributed by atoms with Gasteiger partial charge in [-0.1, -0.05) is 41.9 Å². The van der Waals surface area contributed by atoms with E-state index in [0.717, 1.165) is 23.4 Å². The second kappa shape index (κ2) is 7.55. The Morgan fingerprint density at radius 3 is 2.43 bits per heavy atom. The van der Waals surface area contributed by atoms with Crippen LogP contribution in [0.25, 0.3) is 0 Å². The minimum Gasteiger partial charge on any atom is -0.308 e. The Labute approximate surface area is 177 Å². The van der Waals surface area contributed by atoms with Gasteiger partial charge in [-0.15, -0.1) is 0 Å². The number of sulfone groups is 1. The summed E-state index contributed by atoms with van der Waals surface area (Å²) < 4.78 is 26.0. The van der Waals surface area contributed by atoms with Gasteiger partial charge in [0.2, 0.25) is 9.84 Å². The van der Waals surface area contributed by atoms with E-state index in [1.807, 2.05) is 24.3 Å². The molecular weight excluding hydrogens is 428 g/mol. The van der Waals surface area contributed by atoms with Gasteiger partial charge in [-0.2, -0.15) is 0 Å². The molecule has 0 spiro atoms. The zero-order valence-corrected chi connectivity index (χ0v) is 17.1. The second-order valence-electron chi connectivity index (χ2n) is 6.71. The minimum absolute atomic E-state index is 0.0384. The van der Waals surface area contributed by atoms with Crippen molar-refractivity contribution in [3.05, 3.63) is 93.0 Å². The number of hydrogen-bond donors (Lipinski definition) is 0. The van der Waals surface area contributed by atoms with Gasteiger partial charge in [0.1, 0.15) is 4.90 Å². The number of hydrogen-bond acceptors (Lipinski definition) is 5. The summed E-state index contributed by atoms with van der Waals surface area (Å²) in [6.07, 6.45) is 0.684. The van der Waals surface area contributed by atoms with Gasteiger partial charge in [-0.3, -0.25) is 14.9 Å². The molecule has 1 amide bonds. The molecule has 3 aromatic carbocycles. The van der Waals surface area contributed by atoms with E-state index in [1.54, 1.807) is 6.07 Å². The van der Waals surface area contributed by atoms with E-state index in [9.17, 15) is 23.3 Å². The molecule has 0 saturated heterocycles. The number of rotatable bonds is 4. The molecule has 4 rings (SSSR count). The van der Waals surface area contributed by atoms with Crippen LogP contribution in [0.2, 0.25) is 5.02 Å². The van der Waals surface area contributed by atoms with Crippen LogP contribution < -0.4 is 4.90 Å².